The van der Waals surface area contributed by atoms with Crippen LogP contribution >= 0.6 is 11.6 Å². The number of para-hydroxylation sites is 1. The van der Waals surface area contributed by atoms with Crippen molar-refractivity contribution in [1.29, 1.82) is 0 Å². The Morgan fingerprint density at radius 3 is 2.28 bits per heavy atom. The minimum absolute atomic E-state index is 0.0777. The van der Waals surface area contributed by atoms with E-state index in [1.807, 2.05) is 6.07 Å². The number of carbonyl (C=O) groups is 2. The first kappa shape index (κ1) is 20.2. The van der Waals surface area contributed by atoms with Crippen molar-refractivity contribution in [3.63, 3.8) is 0 Å². The van der Waals surface area contributed by atoms with Gasteiger partial charge in [0.2, 0.25) is 0 Å². The molecule has 0 unspecified atom stereocenters. The Morgan fingerprint density at radius 1 is 1.07 bits per heavy atom. The number of aromatic nitrogens is 2. The fourth-order valence-electron chi connectivity index (χ4n) is 2.83. The number of ketones is 1. The second-order valence-corrected chi connectivity index (χ2v) is 6.73. The van der Waals surface area contributed by atoms with Gasteiger partial charge in [-0.15, -0.1) is 0 Å². The summed E-state index contributed by atoms with van der Waals surface area (Å²) in [4.78, 5) is 37.0. The molecule has 0 saturated carbocycles. The van der Waals surface area contributed by atoms with Crippen LogP contribution in [-0.4, -0.2) is 26.2 Å². The van der Waals surface area contributed by atoms with E-state index in [4.69, 9.17) is 11.6 Å². The number of hydrogen-bond donors (Lipinski definition) is 2. The van der Waals surface area contributed by atoms with Gasteiger partial charge >= 0.3 is 5.97 Å². The molecule has 0 fully saturated rings. The van der Waals surface area contributed by atoms with Gasteiger partial charge in [-0.3, -0.25) is 14.3 Å². The van der Waals surface area contributed by atoms with Gasteiger partial charge in [0.05, 0.1) is 11.4 Å². The molecule has 2 aromatic carbocycles. The SMILES string of the molecule is Cc1c(N/C(=C\C(=O)c2ccc(Cl)cc2)C(=O)O)c(=O)n(-c2ccccc2)n1C. The zero-order valence-electron chi connectivity index (χ0n) is 15.7. The summed E-state index contributed by atoms with van der Waals surface area (Å²) in [5, 5.41) is 12.6. The van der Waals surface area contributed by atoms with Crippen molar-refractivity contribution < 1.29 is 14.7 Å². The molecule has 1 heterocycles. The zero-order chi connectivity index (χ0) is 21.1. The van der Waals surface area contributed by atoms with Gasteiger partial charge in [0.15, 0.2) is 5.78 Å². The van der Waals surface area contributed by atoms with E-state index < -0.39 is 23.0 Å². The van der Waals surface area contributed by atoms with Crippen LogP contribution in [0.4, 0.5) is 5.69 Å². The van der Waals surface area contributed by atoms with Crippen molar-refractivity contribution in [1.82, 2.24) is 9.36 Å². The average Bonchev–Trinajstić information content (AvgIpc) is 2.91. The Bertz CT molecular complexity index is 1160. The fraction of sp³-hybridized carbons (Fsp3) is 0.0952. The summed E-state index contributed by atoms with van der Waals surface area (Å²) in [6.07, 6.45) is 0.949. The Kier molecular flexibility index (Phi) is 5.70. The van der Waals surface area contributed by atoms with Gasteiger partial charge in [-0.1, -0.05) is 29.8 Å². The smallest absolute Gasteiger partial charge is 0.352 e. The number of carboxylic acids is 1. The number of hydrogen-bond acceptors (Lipinski definition) is 4. The van der Waals surface area contributed by atoms with Gasteiger partial charge in [0.1, 0.15) is 11.4 Å². The van der Waals surface area contributed by atoms with Crippen LogP contribution in [0.15, 0.2) is 71.2 Å². The molecule has 29 heavy (non-hydrogen) atoms. The number of benzene rings is 2. The lowest BCUT2D eigenvalue weighted by Crippen LogP contribution is -2.22. The van der Waals surface area contributed by atoms with Crippen LogP contribution < -0.4 is 10.9 Å². The monoisotopic (exact) mass is 411 g/mol. The quantitative estimate of drug-likeness (QED) is 0.479. The summed E-state index contributed by atoms with van der Waals surface area (Å²) in [5.41, 5.74) is 0.674. The first-order valence-electron chi connectivity index (χ1n) is 8.65. The Morgan fingerprint density at radius 2 is 1.69 bits per heavy atom. The lowest BCUT2D eigenvalue weighted by Gasteiger charge is -2.07. The van der Waals surface area contributed by atoms with E-state index in [9.17, 15) is 19.5 Å². The molecule has 0 aliphatic rings. The van der Waals surface area contributed by atoms with Crippen LogP contribution in [0.5, 0.6) is 0 Å². The van der Waals surface area contributed by atoms with Crippen molar-refractivity contribution in [2.45, 2.75) is 6.92 Å². The summed E-state index contributed by atoms with van der Waals surface area (Å²) >= 11 is 5.81. The predicted octanol–water partition coefficient (Wildman–Crippen LogP) is 3.40. The summed E-state index contributed by atoms with van der Waals surface area (Å²) in [7, 11) is 1.69. The fourth-order valence-corrected chi connectivity index (χ4v) is 2.95. The average molecular weight is 412 g/mol. The summed E-state index contributed by atoms with van der Waals surface area (Å²) < 4.78 is 3.03. The molecular formula is C21H18ClN3O4. The van der Waals surface area contributed by atoms with Gasteiger partial charge in [-0.05, 0) is 43.3 Å². The van der Waals surface area contributed by atoms with Crippen LogP contribution in [0.25, 0.3) is 5.69 Å². The maximum Gasteiger partial charge on any atom is 0.352 e. The number of anilines is 1. The highest BCUT2D eigenvalue weighted by Crippen LogP contribution is 2.17. The van der Waals surface area contributed by atoms with Crippen molar-refractivity contribution >= 4 is 29.0 Å². The van der Waals surface area contributed by atoms with Gasteiger partial charge in [0, 0.05) is 23.7 Å². The van der Waals surface area contributed by atoms with E-state index in [0.717, 1.165) is 6.08 Å². The molecule has 0 aliphatic heterocycles. The molecule has 7 nitrogen and oxygen atoms in total. The van der Waals surface area contributed by atoms with Crippen LogP contribution in [-0.2, 0) is 11.8 Å². The first-order valence-corrected chi connectivity index (χ1v) is 9.03. The lowest BCUT2D eigenvalue weighted by molar-refractivity contribution is -0.132. The second-order valence-electron chi connectivity index (χ2n) is 6.30. The molecule has 0 bridgehead atoms. The zero-order valence-corrected chi connectivity index (χ0v) is 16.5. The molecule has 8 heteroatoms. The number of halogens is 1. The topological polar surface area (TPSA) is 93.3 Å². The first-order chi connectivity index (χ1) is 13.8. The standard InChI is InChI=1S/C21H18ClN3O4/c1-13-19(20(27)25(24(13)2)16-6-4-3-5-7-16)23-17(21(28)29)12-18(26)14-8-10-15(22)11-9-14/h3-12,23H,1-2H3,(H,28,29)/b17-12-. The van der Waals surface area contributed by atoms with Gasteiger partial charge in [-0.25, -0.2) is 9.48 Å². The van der Waals surface area contributed by atoms with Crippen molar-refractivity contribution in [3.8, 4) is 5.69 Å². The van der Waals surface area contributed by atoms with E-state index in [1.54, 1.807) is 42.9 Å². The minimum atomic E-state index is -1.36. The number of nitrogens with one attached hydrogen (secondary N) is 1. The maximum atomic E-state index is 12.9. The normalized spacial score (nSPS) is 11.3. The van der Waals surface area contributed by atoms with Crippen LogP contribution in [0.2, 0.25) is 5.02 Å². The van der Waals surface area contributed by atoms with Gasteiger partial charge in [0.25, 0.3) is 5.56 Å². The predicted molar refractivity (Wildman–Crippen MR) is 111 cm³/mol. The Labute approximate surface area is 171 Å². The summed E-state index contributed by atoms with van der Waals surface area (Å²) in [6.45, 7) is 1.68. The number of carboxylic acid groups (broad SMARTS) is 1. The Hall–Kier alpha value is -3.58. The largest absolute Gasteiger partial charge is 0.477 e. The number of nitrogens with zero attached hydrogens (tertiary/aromatic N) is 2. The lowest BCUT2D eigenvalue weighted by atomic mass is 10.1. The molecular weight excluding hydrogens is 394 g/mol. The molecule has 0 spiro atoms. The molecule has 3 rings (SSSR count). The molecule has 0 atom stereocenters. The molecule has 3 aromatic rings. The minimum Gasteiger partial charge on any atom is -0.477 e. The number of aliphatic carboxylic acids is 1. The number of rotatable bonds is 6. The molecule has 2 N–H and O–H groups in total. The van der Waals surface area contributed by atoms with Gasteiger partial charge < -0.3 is 10.4 Å². The number of carbonyl (C=O) groups excluding carboxylic acids is 1. The third kappa shape index (κ3) is 4.14. The van der Waals surface area contributed by atoms with E-state index in [2.05, 4.69) is 5.32 Å². The highest BCUT2D eigenvalue weighted by molar-refractivity contribution is 6.30. The molecule has 0 radical (unpaired) electrons. The van der Waals surface area contributed by atoms with E-state index in [1.165, 1.54) is 28.9 Å². The summed E-state index contributed by atoms with van der Waals surface area (Å²) in [5.74, 6) is -1.88. The van der Waals surface area contributed by atoms with Crippen molar-refractivity contribution in [3.05, 3.63) is 93.0 Å². The van der Waals surface area contributed by atoms with Gasteiger partial charge in [-0.2, -0.15) is 0 Å². The highest BCUT2D eigenvalue weighted by Gasteiger charge is 2.20. The van der Waals surface area contributed by atoms with Crippen molar-refractivity contribution in [2.24, 2.45) is 7.05 Å². The van der Waals surface area contributed by atoms with Crippen LogP contribution in [0, 0.1) is 6.92 Å². The Balaban J connectivity index is 2.00. The molecule has 0 amide bonds. The second kappa shape index (κ2) is 8.20. The van der Waals surface area contributed by atoms with E-state index in [0.29, 0.717) is 16.4 Å². The molecule has 148 valence electrons. The molecule has 0 saturated heterocycles. The van der Waals surface area contributed by atoms with E-state index in [-0.39, 0.29) is 11.3 Å². The number of allylic oxidation sites excluding steroid dienone is 1. The van der Waals surface area contributed by atoms with Crippen molar-refractivity contribution in [2.75, 3.05) is 5.32 Å². The highest BCUT2D eigenvalue weighted by atomic mass is 35.5. The maximum absolute atomic E-state index is 12.9. The third-order valence-electron chi connectivity index (χ3n) is 4.45. The third-order valence-corrected chi connectivity index (χ3v) is 4.70. The van der Waals surface area contributed by atoms with E-state index >= 15 is 0 Å². The molecule has 1 aromatic heterocycles. The van der Waals surface area contributed by atoms with Crippen LogP contribution in [0.3, 0.4) is 0 Å². The molecule has 0 aliphatic carbocycles. The summed E-state index contributed by atoms with van der Waals surface area (Å²) in [6, 6.07) is 15.0. The van der Waals surface area contributed by atoms with Crippen LogP contribution in [0.1, 0.15) is 16.1 Å².